The Balaban J connectivity index is 1.96. The summed E-state index contributed by atoms with van der Waals surface area (Å²) < 4.78 is 11.6. The molecule has 2 aromatic heterocycles. The summed E-state index contributed by atoms with van der Waals surface area (Å²) in [5.74, 6) is -0.451. The summed E-state index contributed by atoms with van der Waals surface area (Å²) in [7, 11) is 1.54. The van der Waals surface area contributed by atoms with E-state index in [9.17, 15) is 9.59 Å². The monoisotopic (exact) mass is 372 g/mol. The minimum Gasteiger partial charge on any atom is -0.459 e. The average molecular weight is 372 g/mol. The van der Waals surface area contributed by atoms with Crippen molar-refractivity contribution in [2.24, 2.45) is 0 Å². The van der Waals surface area contributed by atoms with Crippen molar-refractivity contribution in [1.29, 1.82) is 0 Å². The number of aromatic nitrogens is 2. The van der Waals surface area contributed by atoms with E-state index in [-0.39, 0.29) is 12.2 Å². The topological polar surface area (TPSA) is 70.4 Å². The fourth-order valence-corrected chi connectivity index (χ4v) is 3.75. The van der Waals surface area contributed by atoms with Crippen LogP contribution in [0.5, 0.6) is 0 Å². The molecule has 7 heteroatoms. The fraction of sp³-hybridized carbons (Fsp3) is 0.316. The Kier molecular flexibility index (Phi) is 5.49. The number of carbonyl (C=O) groups is 1. The summed E-state index contributed by atoms with van der Waals surface area (Å²) >= 11 is 1.18. The smallest absolute Gasteiger partial charge is 0.348 e. The van der Waals surface area contributed by atoms with E-state index < -0.39 is 5.97 Å². The SMILES string of the molecule is COCCOC(=O)c1sc2ncn(Cc3ccccc3C)c(=O)c2c1C. The van der Waals surface area contributed by atoms with Crippen LogP contribution >= 0.6 is 11.3 Å². The molecule has 3 aromatic rings. The van der Waals surface area contributed by atoms with Crippen molar-refractivity contribution in [3.05, 3.63) is 62.5 Å². The van der Waals surface area contributed by atoms with Crippen LogP contribution in [0.2, 0.25) is 0 Å². The van der Waals surface area contributed by atoms with Crippen LogP contribution in [-0.2, 0) is 16.0 Å². The van der Waals surface area contributed by atoms with Gasteiger partial charge in [-0.15, -0.1) is 11.3 Å². The van der Waals surface area contributed by atoms with Gasteiger partial charge in [-0.2, -0.15) is 0 Å². The highest BCUT2D eigenvalue weighted by atomic mass is 32.1. The summed E-state index contributed by atoms with van der Waals surface area (Å²) in [5.41, 5.74) is 2.64. The summed E-state index contributed by atoms with van der Waals surface area (Å²) in [6, 6.07) is 7.91. The van der Waals surface area contributed by atoms with Crippen molar-refractivity contribution in [2.45, 2.75) is 20.4 Å². The second kappa shape index (κ2) is 7.80. The Morgan fingerprint density at radius 2 is 2.00 bits per heavy atom. The van der Waals surface area contributed by atoms with Crippen molar-refractivity contribution in [3.8, 4) is 0 Å². The van der Waals surface area contributed by atoms with Crippen LogP contribution in [0, 0.1) is 13.8 Å². The number of hydrogen-bond donors (Lipinski definition) is 0. The molecule has 0 fully saturated rings. The first-order valence-corrected chi connectivity index (χ1v) is 9.03. The van der Waals surface area contributed by atoms with Gasteiger partial charge in [0.1, 0.15) is 16.3 Å². The van der Waals surface area contributed by atoms with E-state index >= 15 is 0 Å². The lowest BCUT2D eigenvalue weighted by molar-refractivity contribution is 0.0393. The zero-order valence-electron chi connectivity index (χ0n) is 14.9. The number of carbonyl (C=O) groups excluding carboxylic acids is 1. The Hall–Kier alpha value is -2.51. The van der Waals surface area contributed by atoms with E-state index in [1.54, 1.807) is 18.6 Å². The number of fused-ring (bicyclic) bond motifs is 1. The molecule has 0 aliphatic rings. The standard InChI is InChI=1S/C19H20N2O4S/c1-12-6-4-5-7-14(12)10-21-11-20-17-15(18(21)22)13(2)16(26-17)19(23)25-9-8-24-3/h4-7,11H,8-10H2,1-3H3. The Labute approximate surface area is 155 Å². The number of aryl methyl sites for hydroxylation is 2. The minimum atomic E-state index is -0.451. The van der Waals surface area contributed by atoms with E-state index in [0.717, 1.165) is 11.1 Å². The molecule has 0 unspecified atom stereocenters. The molecule has 0 saturated heterocycles. The van der Waals surface area contributed by atoms with Crippen molar-refractivity contribution >= 4 is 27.5 Å². The number of nitrogens with zero attached hydrogens (tertiary/aromatic N) is 2. The molecule has 3 rings (SSSR count). The van der Waals surface area contributed by atoms with Crippen LogP contribution in [0.1, 0.15) is 26.4 Å². The van der Waals surface area contributed by atoms with Crippen molar-refractivity contribution in [1.82, 2.24) is 9.55 Å². The maximum atomic E-state index is 12.9. The lowest BCUT2D eigenvalue weighted by Gasteiger charge is -2.08. The van der Waals surface area contributed by atoms with Gasteiger partial charge in [0, 0.05) is 7.11 Å². The summed E-state index contributed by atoms with van der Waals surface area (Å²) in [4.78, 5) is 30.5. The predicted octanol–water partition coefficient (Wildman–Crippen LogP) is 2.93. The van der Waals surface area contributed by atoms with Gasteiger partial charge in [0.15, 0.2) is 0 Å². The largest absolute Gasteiger partial charge is 0.459 e. The highest BCUT2D eigenvalue weighted by Crippen LogP contribution is 2.27. The lowest BCUT2D eigenvalue weighted by atomic mass is 10.1. The van der Waals surface area contributed by atoms with Gasteiger partial charge in [-0.25, -0.2) is 9.78 Å². The molecule has 0 saturated carbocycles. The quantitative estimate of drug-likeness (QED) is 0.491. The average Bonchev–Trinajstić information content (AvgIpc) is 2.97. The van der Waals surface area contributed by atoms with E-state index in [1.165, 1.54) is 17.7 Å². The Morgan fingerprint density at radius 1 is 1.23 bits per heavy atom. The summed E-state index contributed by atoms with van der Waals surface area (Å²) in [6.45, 7) is 4.71. The molecule has 26 heavy (non-hydrogen) atoms. The Morgan fingerprint density at radius 3 is 2.73 bits per heavy atom. The van der Waals surface area contributed by atoms with Crippen molar-refractivity contribution in [3.63, 3.8) is 0 Å². The molecule has 0 amide bonds. The minimum absolute atomic E-state index is 0.150. The van der Waals surface area contributed by atoms with E-state index in [0.29, 0.717) is 33.8 Å². The van der Waals surface area contributed by atoms with Crippen molar-refractivity contribution < 1.29 is 14.3 Å². The molecule has 2 heterocycles. The van der Waals surface area contributed by atoms with Crippen LogP contribution in [0.3, 0.4) is 0 Å². The third-order valence-electron chi connectivity index (χ3n) is 4.23. The molecular formula is C19H20N2O4S. The van der Waals surface area contributed by atoms with Crippen LogP contribution < -0.4 is 5.56 Å². The van der Waals surface area contributed by atoms with Gasteiger partial charge in [-0.3, -0.25) is 9.36 Å². The first kappa shape index (κ1) is 18.3. The van der Waals surface area contributed by atoms with E-state index in [2.05, 4.69) is 4.98 Å². The first-order valence-electron chi connectivity index (χ1n) is 8.22. The number of ether oxygens (including phenoxy) is 2. The number of rotatable bonds is 6. The first-order chi connectivity index (χ1) is 12.5. The third kappa shape index (κ3) is 3.54. The molecule has 0 bridgehead atoms. The van der Waals surface area contributed by atoms with Gasteiger partial charge in [0.2, 0.25) is 0 Å². The zero-order chi connectivity index (χ0) is 18.7. The zero-order valence-corrected chi connectivity index (χ0v) is 15.8. The molecule has 0 aliphatic carbocycles. The van der Waals surface area contributed by atoms with Crippen LogP contribution in [0.25, 0.3) is 10.2 Å². The van der Waals surface area contributed by atoms with Crippen LogP contribution in [0.4, 0.5) is 0 Å². The van der Waals surface area contributed by atoms with Crippen LogP contribution in [0.15, 0.2) is 35.4 Å². The molecule has 0 atom stereocenters. The maximum Gasteiger partial charge on any atom is 0.348 e. The van der Waals surface area contributed by atoms with Gasteiger partial charge >= 0.3 is 5.97 Å². The second-order valence-electron chi connectivity index (χ2n) is 5.97. The molecule has 0 spiro atoms. The predicted molar refractivity (Wildman–Crippen MR) is 101 cm³/mol. The molecule has 6 nitrogen and oxygen atoms in total. The molecule has 0 N–H and O–H groups in total. The maximum absolute atomic E-state index is 12.9. The van der Waals surface area contributed by atoms with Crippen molar-refractivity contribution in [2.75, 3.05) is 20.3 Å². The molecule has 1 aromatic carbocycles. The molecular weight excluding hydrogens is 352 g/mol. The molecule has 0 aliphatic heterocycles. The molecule has 0 radical (unpaired) electrons. The summed E-state index contributed by atoms with van der Waals surface area (Å²) in [6.07, 6.45) is 1.53. The normalized spacial score (nSPS) is 11.0. The van der Waals surface area contributed by atoms with Gasteiger partial charge in [-0.05, 0) is 30.5 Å². The molecule has 136 valence electrons. The van der Waals surface area contributed by atoms with Gasteiger partial charge in [-0.1, -0.05) is 24.3 Å². The summed E-state index contributed by atoms with van der Waals surface area (Å²) in [5, 5.41) is 0.477. The number of hydrogen-bond acceptors (Lipinski definition) is 6. The second-order valence-corrected chi connectivity index (χ2v) is 6.97. The van der Waals surface area contributed by atoms with Gasteiger partial charge in [0.25, 0.3) is 5.56 Å². The van der Waals surface area contributed by atoms with Gasteiger partial charge < -0.3 is 9.47 Å². The number of benzene rings is 1. The highest BCUT2D eigenvalue weighted by molar-refractivity contribution is 7.20. The Bertz CT molecular complexity index is 1010. The van der Waals surface area contributed by atoms with E-state index in [1.807, 2.05) is 31.2 Å². The van der Waals surface area contributed by atoms with Crippen LogP contribution in [-0.4, -0.2) is 35.8 Å². The van der Waals surface area contributed by atoms with E-state index in [4.69, 9.17) is 9.47 Å². The lowest BCUT2D eigenvalue weighted by Crippen LogP contribution is -2.21. The third-order valence-corrected chi connectivity index (χ3v) is 5.41. The van der Waals surface area contributed by atoms with Gasteiger partial charge in [0.05, 0.1) is 24.9 Å². The highest BCUT2D eigenvalue weighted by Gasteiger charge is 2.20. The number of methoxy groups -OCH3 is 1. The fourth-order valence-electron chi connectivity index (χ4n) is 2.72. The number of thiophene rings is 1. The number of esters is 1.